The molecular weight excluding hydrogens is 306 g/mol. The quantitative estimate of drug-likeness (QED) is 0.433. The fourth-order valence-corrected chi connectivity index (χ4v) is 2.35. The van der Waals surface area contributed by atoms with Crippen LogP contribution in [0, 0.1) is 17.0 Å². The minimum Gasteiger partial charge on any atom is -0.505 e. The standard InChI is InChI=1S/C18H21N3O3/c1-5-18(3,4)13-10-12(2)11-15(17(13)22)20-19-14-8-6-7-9-16(14)21(23)24/h6-11,22H,5H2,1-4H3. The van der Waals surface area contributed by atoms with Gasteiger partial charge in [-0.25, -0.2) is 0 Å². The van der Waals surface area contributed by atoms with Gasteiger partial charge in [0.2, 0.25) is 0 Å². The third-order valence-electron chi connectivity index (χ3n) is 4.19. The predicted octanol–water partition coefficient (Wildman–Crippen LogP) is 5.71. The Labute approximate surface area is 141 Å². The number of nitro groups is 1. The van der Waals surface area contributed by atoms with E-state index in [0.29, 0.717) is 5.69 Å². The number of phenols is 1. The molecular formula is C18H21N3O3. The van der Waals surface area contributed by atoms with Crippen molar-refractivity contribution in [1.29, 1.82) is 0 Å². The molecule has 0 saturated carbocycles. The summed E-state index contributed by atoms with van der Waals surface area (Å²) in [5, 5.41) is 29.6. The Morgan fingerprint density at radius 3 is 2.42 bits per heavy atom. The molecule has 0 radical (unpaired) electrons. The van der Waals surface area contributed by atoms with Gasteiger partial charge in [0.25, 0.3) is 5.69 Å². The Hall–Kier alpha value is -2.76. The Morgan fingerprint density at radius 1 is 1.17 bits per heavy atom. The molecule has 1 N–H and O–H groups in total. The van der Waals surface area contributed by atoms with E-state index in [-0.39, 0.29) is 22.5 Å². The van der Waals surface area contributed by atoms with E-state index in [1.807, 2.05) is 26.8 Å². The molecule has 0 aliphatic heterocycles. The molecule has 2 aromatic carbocycles. The molecule has 2 rings (SSSR count). The highest BCUT2D eigenvalue weighted by Gasteiger charge is 2.24. The molecule has 0 aliphatic rings. The number of hydrogen-bond acceptors (Lipinski definition) is 5. The summed E-state index contributed by atoms with van der Waals surface area (Å²) >= 11 is 0. The molecule has 0 unspecified atom stereocenters. The molecule has 6 heteroatoms. The minimum absolute atomic E-state index is 0.0646. The van der Waals surface area contributed by atoms with Crippen LogP contribution in [0.2, 0.25) is 0 Å². The van der Waals surface area contributed by atoms with Gasteiger partial charge in [-0.3, -0.25) is 10.1 Å². The lowest BCUT2D eigenvalue weighted by Gasteiger charge is -2.25. The Morgan fingerprint density at radius 2 is 1.79 bits per heavy atom. The van der Waals surface area contributed by atoms with Crippen LogP contribution >= 0.6 is 0 Å². The molecule has 0 atom stereocenters. The second-order valence-electron chi connectivity index (χ2n) is 6.36. The van der Waals surface area contributed by atoms with E-state index in [9.17, 15) is 15.2 Å². The number of hydrogen-bond donors (Lipinski definition) is 1. The van der Waals surface area contributed by atoms with E-state index >= 15 is 0 Å². The highest BCUT2D eigenvalue weighted by molar-refractivity contribution is 5.61. The lowest BCUT2D eigenvalue weighted by atomic mass is 9.81. The van der Waals surface area contributed by atoms with Crippen molar-refractivity contribution in [3.63, 3.8) is 0 Å². The highest BCUT2D eigenvalue weighted by atomic mass is 16.6. The summed E-state index contributed by atoms with van der Waals surface area (Å²) in [5.74, 6) is 0.0646. The van der Waals surface area contributed by atoms with Crippen LogP contribution in [0.5, 0.6) is 5.75 Å². The van der Waals surface area contributed by atoms with E-state index in [4.69, 9.17) is 0 Å². The van der Waals surface area contributed by atoms with Gasteiger partial charge >= 0.3 is 0 Å². The number of rotatable bonds is 5. The normalized spacial score (nSPS) is 11.8. The first kappa shape index (κ1) is 17.6. The monoisotopic (exact) mass is 327 g/mol. The van der Waals surface area contributed by atoms with Crippen LogP contribution in [0.4, 0.5) is 17.1 Å². The number of phenolic OH excluding ortho intramolecular Hbond substituents is 1. The zero-order valence-electron chi connectivity index (χ0n) is 14.3. The molecule has 6 nitrogen and oxygen atoms in total. The van der Waals surface area contributed by atoms with Gasteiger partial charge in [-0.15, -0.1) is 10.2 Å². The van der Waals surface area contributed by atoms with Gasteiger partial charge in [-0.2, -0.15) is 0 Å². The Balaban J connectivity index is 2.50. The summed E-state index contributed by atoms with van der Waals surface area (Å²) in [6.45, 7) is 8.06. The maximum Gasteiger partial charge on any atom is 0.296 e. The molecule has 0 bridgehead atoms. The molecule has 0 fully saturated rings. The molecule has 0 spiro atoms. The van der Waals surface area contributed by atoms with E-state index in [0.717, 1.165) is 17.5 Å². The summed E-state index contributed by atoms with van der Waals surface area (Å²) in [6, 6.07) is 9.76. The molecule has 24 heavy (non-hydrogen) atoms. The smallest absolute Gasteiger partial charge is 0.296 e. The van der Waals surface area contributed by atoms with Crippen molar-refractivity contribution in [2.45, 2.75) is 39.5 Å². The lowest BCUT2D eigenvalue weighted by molar-refractivity contribution is -0.384. The van der Waals surface area contributed by atoms with Gasteiger partial charge in [0, 0.05) is 11.6 Å². The van der Waals surface area contributed by atoms with Crippen molar-refractivity contribution in [2.24, 2.45) is 10.2 Å². The number of nitrogens with zero attached hydrogens (tertiary/aromatic N) is 3. The van der Waals surface area contributed by atoms with E-state index in [2.05, 4.69) is 17.2 Å². The van der Waals surface area contributed by atoms with Crippen molar-refractivity contribution in [3.8, 4) is 5.75 Å². The van der Waals surface area contributed by atoms with Crippen molar-refractivity contribution in [3.05, 3.63) is 57.6 Å². The summed E-state index contributed by atoms with van der Waals surface area (Å²) in [7, 11) is 0. The van der Waals surface area contributed by atoms with Gasteiger partial charge in [0.05, 0.1) is 4.92 Å². The predicted molar refractivity (Wildman–Crippen MR) is 93.4 cm³/mol. The average molecular weight is 327 g/mol. The van der Waals surface area contributed by atoms with Crippen LogP contribution in [0.15, 0.2) is 46.6 Å². The fraction of sp³-hybridized carbons (Fsp3) is 0.333. The maximum atomic E-state index is 11.0. The largest absolute Gasteiger partial charge is 0.505 e. The van der Waals surface area contributed by atoms with Crippen molar-refractivity contribution >= 4 is 17.1 Å². The van der Waals surface area contributed by atoms with Crippen LogP contribution in [-0.2, 0) is 5.41 Å². The second kappa shape index (κ2) is 6.78. The molecule has 0 saturated heterocycles. The third-order valence-corrected chi connectivity index (χ3v) is 4.19. The summed E-state index contributed by atoms with van der Waals surface area (Å²) in [6.07, 6.45) is 0.852. The molecule has 126 valence electrons. The molecule has 0 aromatic heterocycles. The zero-order valence-corrected chi connectivity index (χ0v) is 14.3. The maximum absolute atomic E-state index is 11.0. The topological polar surface area (TPSA) is 88.1 Å². The van der Waals surface area contributed by atoms with Gasteiger partial charge in [0.15, 0.2) is 5.69 Å². The molecule has 0 aliphatic carbocycles. The number of aromatic hydroxyl groups is 1. The second-order valence-corrected chi connectivity index (χ2v) is 6.36. The number of benzene rings is 2. The summed E-state index contributed by atoms with van der Waals surface area (Å²) in [4.78, 5) is 10.5. The van der Waals surface area contributed by atoms with Crippen molar-refractivity contribution in [2.75, 3.05) is 0 Å². The first-order valence-corrected chi connectivity index (χ1v) is 7.75. The zero-order chi connectivity index (χ0) is 17.9. The number of para-hydroxylation sites is 1. The summed E-state index contributed by atoms with van der Waals surface area (Å²) < 4.78 is 0. The third kappa shape index (κ3) is 3.59. The first-order valence-electron chi connectivity index (χ1n) is 7.75. The van der Waals surface area contributed by atoms with Crippen LogP contribution in [0.3, 0.4) is 0 Å². The highest BCUT2D eigenvalue weighted by Crippen LogP contribution is 2.41. The van der Waals surface area contributed by atoms with Crippen LogP contribution < -0.4 is 0 Å². The van der Waals surface area contributed by atoms with E-state index in [1.165, 1.54) is 12.1 Å². The molecule has 2 aromatic rings. The van der Waals surface area contributed by atoms with Gasteiger partial charge in [-0.1, -0.05) is 39.0 Å². The van der Waals surface area contributed by atoms with Crippen LogP contribution in [-0.4, -0.2) is 10.0 Å². The van der Waals surface area contributed by atoms with Crippen molar-refractivity contribution < 1.29 is 10.0 Å². The van der Waals surface area contributed by atoms with E-state index in [1.54, 1.807) is 18.2 Å². The molecule has 0 heterocycles. The first-order chi connectivity index (χ1) is 11.3. The number of azo groups is 1. The van der Waals surface area contributed by atoms with Gasteiger partial charge in [0.1, 0.15) is 11.4 Å². The average Bonchev–Trinajstić information content (AvgIpc) is 2.55. The van der Waals surface area contributed by atoms with E-state index < -0.39 is 4.92 Å². The van der Waals surface area contributed by atoms with Crippen molar-refractivity contribution in [1.82, 2.24) is 0 Å². The number of aryl methyl sites for hydroxylation is 1. The lowest BCUT2D eigenvalue weighted by Crippen LogP contribution is -2.15. The SMILES string of the molecule is CCC(C)(C)c1cc(C)cc(N=Nc2ccccc2[N+](=O)[O-])c1O. The van der Waals surface area contributed by atoms with Crippen LogP contribution in [0.1, 0.15) is 38.3 Å². The molecule has 0 amide bonds. The van der Waals surface area contributed by atoms with Crippen LogP contribution in [0.25, 0.3) is 0 Å². The minimum atomic E-state index is -0.504. The number of nitro benzene ring substituents is 1. The fourth-order valence-electron chi connectivity index (χ4n) is 2.35. The van der Waals surface area contributed by atoms with Gasteiger partial charge < -0.3 is 5.11 Å². The summed E-state index contributed by atoms with van der Waals surface area (Å²) in [5.41, 5.74) is 1.87. The Bertz CT molecular complexity index is 798. The Kier molecular flexibility index (Phi) is 4.97. The van der Waals surface area contributed by atoms with Gasteiger partial charge in [-0.05, 0) is 36.5 Å².